The molecule has 0 spiro atoms. The number of hydrogen-bond acceptors (Lipinski definition) is 1. The van der Waals surface area contributed by atoms with Crippen molar-refractivity contribution < 1.29 is 0 Å². The predicted molar refractivity (Wildman–Crippen MR) is 128 cm³/mol. The first kappa shape index (κ1) is 19.5. The second kappa shape index (κ2) is 8.02. The summed E-state index contributed by atoms with van der Waals surface area (Å²) in [5.41, 5.74) is 8.75. The Labute approximate surface area is 181 Å². The second-order valence-electron chi connectivity index (χ2n) is 9.73. The minimum absolute atomic E-state index is 0.452. The molecule has 5 rings (SSSR count). The van der Waals surface area contributed by atoms with Crippen LogP contribution in [-0.2, 0) is 0 Å². The Balaban J connectivity index is 1.52. The smallest absolute Gasteiger partial charge is 0.0698 e. The average Bonchev–Trinajstić information content (AvgIpc) is 2.77. The van der Waals surface area contributed by atoms with Crippen molar-refractivity contribution in [3.63, 3.8) is 0 Å². The van der Waals surface area contributed by atoms with E-state index in [1.54, 1.807) is 5.57 Å². The van der Waals surface area contributed by atoms with E-state index in [2.05, 4.69) is 87.7 Å². The lowest BCUT2D eigenvalue weighted by Crippen LogP contribution is -2.25. The van der Waals surface area contributed by atoms with E-state index in [4.69, 9.17) is 4.99 Å². The molecule has 4 aliphatic carbocycles. The highest BCUT2D eigenvalue weighted by Gasteiger charge is 2.34. The quantitative estimate of drug-likeness (QED) is 0.468. The Morgan fingerprint density at radius 3 is 2.63 bits per heavy atom. The van der Waals surface area contributed by atoms with Crippen LogP contribution in [0.1, 0.15) is 46.5 Å². The number of rotatable bonds is 4. The summed E-state index contributed by atoms with van der Waals surface area (Å²) in [6.07, 6.45) is 30.2. The lowest BCUT2D eigenvalue weighted by molar-refractivity contribution is 0.536. The fourth-order valence-electron chi connectivity index (χ4n) is 5.82. The van der Waals surface area contributed by atoms with Crippen LogP contribution < -0.4 is 0 Å². The van der Waals surface area contributed by atoms with Gasteiger partial charge in [0.15, 0.2) is 0 Å². The van der Waals surface area contributed by atoms with Gasteiger partial charge in [-0.15, -0.1) is 0 Å². The molecule has 0 radical (unpaired) electrons. The van der Waals surface area contributed by atoms with Crippen molar-refractivity contribution >= 4 is 6.21 Å². The summed E-state index contributed by atoms with van der Waals surface area (Å²) in [4.78, 5) is 4.97. The topological polar surface area (TPSA) is 12.4 Å². The zero-order valence-electron chi connectivity index (χ0n) is 18.5. The first-order chi connectivity index (χ1) is 14.7. The van der Waals surface area contributed by atoms with Gasteiger partial charge in [-0.05, 0) is 59.8 Å². The van der Waals surface area contributed by atoms with E-state index in [1.807, 2.05) is 0 Å². The van der Waals surface area contributed by atoms with Gasteiger partial charge in [0.1, 0.15) is 0 Å². The first-order valence-electron chi connectivity index (χ1n) is 11.8. The molecule has 1 nitrogen and oxygen atoms in total. The van der Waals surface area contributed by atoms with Crippen molar-refractivity contribution in [1.29, 1.82) is 0 Å². The maximum Gasteiger partial charge on any atom is 0.0698 e. The van der Waals surface area contributed by atoms with Gasteiger partial charge in [0.2, 0.25) is 0 Å². The highest BCUT2D eigenvalue weighted by molar-refractivity contribution is 5.70. The summed E-state index contributed by atoms with van der Waals surface area (Å²) in [7, 11) is 0. The zero-order chi connectivity index (χ0) is 20.7. The van der Waals surface area contributed by atoms with Crippen molar-refractivity contribution in [3.8, 4) is 0 Å². The molecule has 154 valence electrons. The van der Waals surface area contributed by atoms with Crippen LogP contribution >= 0.6 is 0 Å². The molecule has 4 atom stereocenters. The minimum Gasteiger partial charge on any atom is -0.261 e. The molecule has 0 saturated carbocycles. The minimum atomic E-state index is 0.452. The third kappa shape index (κ3) is 3.39. The van der Waals surface area contributed by atoms with E-state index >= 15 is 0 Å². The van der Waals surface area contributed by atoms with Gasteiger partial charge in [-0.2, -0.15) is 0 Å². The molecule has 1 heteroatoms. The van der Waals surface area contributed by atoms with Gasteiger partial charge in [0, 0.05) is 24.0 Å². The van der Waals surface area contributed by atoms with Crippen LogP contribution in [0.25, 0.3) is 0 Å². The highest BCUT2D eigenvalue weighted by Crippen LogP contribution is 2.47. The van der Waals surface area contributed by atoms with E-state index in [9.17, 15) is 0 Å². The fourth-order valence-corrected chi connectivity index (χ4v) is 5.82. The van der Waals surface area contributed by atoms with Crippen LogP contribution in [-0.4, -0.2) is 6.21 Å². The lowest BCUT2D eigenvalue weighted by Gasteiger charge is -2.37. The Bertz CT molecular complexity index is 999. The van der Waals surface area contributed by atoms with Crippen LogP contribution in [0.3, 0.4) is 0 Å². The van der Waals surface area contributed by atoms with Gasteiger partial charge in [-0.1, -0.05) is 87.1 Å². The van der Waals surface area contributed by atoms with Gasteiger partial charge in [0.05, 0.1) is 5.70 Å². The monoisotopic (exact) mass is 395 g/mol. The highest BCUT2D eigenvalue weighted by atomic mass is 14.8. The third-order valence-electron chi connectivity index (χ3n) is 7.28. The summed E-state index contributed by atoms with van der Waals surface area (Å²) in [6, 6.07) is 0. The maximum atomic E-state index is 4.97. The van der Waals surface area contributed by atoms with Gasteiger partial charge in [-0.3, -0.25) is 4.99 Å². The molecule has 4 unspecified atom stereocenters. The molecule has 0 amide bonds. The normalized spacial score (nSPS) is 31.6. The van der Waals surface area contributed by atoms with Crippen LogP contribution in [0.2, 0.25) is 0 Å². The number of aliphatic imine (C=N–C) groups is 1. The number of allylic oxidation sites excluding steroid dienone is 15. The van der Waals surface area contributed by atoms with Crippen LogP contribution in [0.5, 0.6) is 0 Å². The van der Waals surface area contributed by atoms with Gasteiger partial charge in [0.25, 0.3) is 0 Å². The van der Waals surface area contributed by atoms with E-state index in [0.29, 0.717) is 23.7 Å². The fraction of sp³-hybridized carbons (Fsp3) is 0.414. The number of hydrogen-bond donors (Lipinski definition) is 0. The lowest BCUT2D eigenvalue weighted by atomic mass is 9.68. The summed E-state index contributed by atoms with van der Waals surface area (Å²) in [5, 5.41) is 0. The number of nitrogens with zero attached hydrogens (tertiary/aromatic N) is 1. The van der Waals surface area contributed by atoms with E-state index in [-0.39, 0.29) is 0 Å². The molecule has 5 aliphatic rings. The third-order valence-corrected chi connectivity index (χ3v) is 7.28. The molecule has 30 heavy (non-hydrogen) atoms. The molecule has 0 bridgehead atoms. The van der Waals surface area contributed by atoms with Crippen molar-refractivity contribution in [2.24, 2.45) is 34.6 Å². The van der Waals surface area contributed by atoms with Crippen molar-refractivity contribution in [2.45, 2.75) is 46.5 Å². The zero-order valence-corrected chi connectivity index (χ0v) is 18.5. The Kier molecular flexibility index (Phi) is 5.23. The van der Waals surface area contributed by atoms with Gasteiger partial charge < -0.3 is 0 Å². The maximum absolute atomic E-state index is 4.97. The molecule has 1 aliphatic heterocycles. The number of fused-ring (bicyclic) bond motifs is 4. The molecule has 1 heterocycles. The SMILES string of the molecule is CCC1CC(CC(C)C)=CC=C1C1=C2C=CC3=C(C=CC4C=CC=CC34)C2CC=N1. The molecule has 0 aromatic heterocycles. The standard InChI is InChI=1S/C29H33N/c1-4-21-18-20(17-19(2)3)9-11-24(21)29-28-14-13-25-23-8-6-5-7-22(23)10-12-26(25)27(28)15-16-30-29/h5-14,16,19,21-23,27H,4,15,17-18H2,1-3H3. The van der Waals surface area contributed by atoms with Crippen LogP contribution in [0, 0.1) is 29.6 Å². The molecular weight excluding hydrogens is 362 g/mol. The van der Waals surface area contributed by atoms with E-state index in [1.165, 1.54) is 47.3 Å². The molecule has 0 N–H and O–H groups in total. The summed E-state index contributed by atoms with van der Waals surface area (Å²) in [6.45, 7) is 6.97. The Morgan fingerprint density at radius 2 is 1.80 bits per heavy atom. The largest absolute Gasteiger partial charge is 0.261 e. The van der Waals surface area contributed by atoms with Crippen LogP contribution in [0.4, 0.5) is 0 Å². The summed E-state index contributed by atoms with van der Waals surface area (Å²) >= 11 is 0. The van der Waals surface area contributed by atoms with E-state index < -0.39 is 0 Å². The molecule has 0 aromatic carbocycles. The average molecular weight is 396 g/mol. The second-order valence-corrected chi connectivity index (χ2v) is 9.73. The van der Waals surface area contributed by atoms with Crippen molar-refractivity contribution in [3.05, 3.63) is 94.3 Å². The van der Waals surface area contributed by atoms with E-state index in [0.717, 1.165) is 12.3 Å². The molecule has 0 saturated heterocycles. The Hall–Kier alpha value is -2.41. The van der Waals surface area contributed by atoms with Crippen molar-refractivity contribution in [1.82, 2.24) is 0 Å². The van der Waals surface area contributed by atoms with Crippen LogP contribution in [0.15, 0.2) is 99.3 Å². The predicted octanol–water partition coefficient (Wildman–Crippen LogP) is 7.45. The molecule has 0 fully saturated rings. The molecule has 0 aromatic rings. The Morgan fingerprint density at radius 1 is 0.967 bits per heavy atom. The van der Waals surface area contributed by atoms with Gasteiger partial charge in [-0.25, -0.2) is 0 Å². The summed E-state index contributed by atoms with van der Waals surface area (Å²) < 4.78 is 0. The summed E-state index contributed by atoms with van der Waals surface area (Å²) in [5.74, 6) is 2.77. The first-order valence-corrected chi connectivity index (χ1v) is 11.8. The van der Waals surface area contributed by atoms with Crippen molar-refractivity contribution in [2.75, 3.05) is 0 Å². The molecular formula is C29H33N. The van der Waals surface area contributed by atoms with Gasteiger partial charge >= 0.3 is 0 Å².